The largest absolute Gasteiger partial charge is 0.379 e. The van der Waals surface area contributed by atoms with E-state index < -0.39 is 0 Å². The fraction of sp³-hybridized carbons (Fsp3) is 0.591. The molecule has 0 atom stereocenters. The monoisotopic (exact) mass is 541 g/mol. The molecule has 0 bridgehead atoms. The number of rotatable bonds is 8. The molecule has 0 saturated carbocycles. The first kappa shape index (κ1) is 25.5. The number of halogens is 1. The summed E-state index contributed by atoms with van der Waals surface area (Å²) in [4.78, 5) is 7.19. The highest BCUT2D eigenvalue weighted by atomic mass is 127. The maximum atomic E-state index is 5.43. The van der Waals surface area contributed by atoms with E-state index in [4.69, 9.17) is 9.73 Å². The van der Waals surface area contributed by atoms with Gasteiger partial charge in [0.15, 0.2) is 11.8 Å². The van der Waals surface area contributed by atoms with Crippen molar-refractivity contribution in [3.05, 3.63) is 47.5 Å². The van der Waals surface area contributed by atoms with Crippen molar-refractivity contribution in [1.29, 1.82) is 0 Å². The van der Waals surface area contributed by atoms with Crippen LogP contribution in [-0.4, -0.2) is 71.6 Å². The standard InChI is InChI=1S/C22H35N7O.HI/c1-18-26-27-20(28(18)4)16-24-21(23-10-11-29-12-14-30-15-13-29)25-17-22(2,3)19-8-6-5-7-9-19;/h5-9H,10-17H2,1-4H3,(H2,23,24,25);1H. The Morgan fingerprint density at radius 3 is 2.48 bits per heavy atom. The number of guanidine groups is 1. The van der Waals surface area contributed by atoms with Crippen molar-refractivity contribution in [3.8, 4) is 0 Å². The molecule has 0 radical (unpaired) electrons. The SMILES string of the molecule is Cc1nnc(CN=C(NCCN2CCOCC2)NCC(C)(C)c2ccccc2)n1C.I. The zero-order valence-electron chi connectivity index (χ0n) is 19.1. The van der Waals surface area contributed by atoms with Gasteiger partial charge in [0.2, 0.25) is 0 Å². The van der Waals surface area contributed by atoms with Gasteiger partial charge in [0.1, 0.15) is 12.4 Å². The van der Waals surface area contributed by atoms with Gasteiger partial charge in [-0.1, -0.05) is 44.2 Å². The summed E-state index contributed by atoms with van der Waals surface area (Å²) in [7, 11) is 1.97. The van der Waals surface area contributed by atoms with Crippen LogP contribution in [0, 0.1) is 6.92 Å². The third-order valence-electron chi connectivity index (χ3n) is 5.64. The molecule has 8 nitrogen and oxygen atoms in total. The second-order valence-corrected chi connectivity index (χ2v) is 8.37. The maximum absolute atomic E-state index is 5.43. The van der Waals surface area contributed by atoms with E-state index in [2.05, 4.69) is 69.9 Å². The topological polar surface area (TPSA) is 79.6 Å². The second-order valence-electron chi connectivity index (χ2n) is 8.37. The molecule has 31 heavy (non-hydrogen) atoms. The van der Waals surface area contributed by atoms with Gasteiger partial charge in [-0.05, 0) is 12.5 Å². The van der Waals surface area contributed by atoms with Gasteiger partial charge in [0, 0.05) is 45.2 Å². The van der Waals surface area contributed by atoms with Gasteiger partial charge in [-0.3, -0.25) is 4.90 Å². The Morgan fingerprint density at radius 2 is 1.84 bits per heavy atom. The van der Waals surface area contributed by atoms with E-state index in [1.807, 2.05) is 18.5 Å². The van der Waals surface area contributed by atoms with Crippen LogP contribution in [0.4, 0.5) is 0 Å². The number of hydrogen-bond donors (Lipinski definition) is 2. The van der Waals surface area contributed by atoms with E-state index in [1.54, 1.807) is 0 Å². The summed E-state index contributed by atoms with van der Waals surface area (Å²) in [6, 6.07) is 10.6. The van der Waals surface area contributed by atoms with Crippen LogP contribution < -0.4 is 10.6 Å². The average molecular weight is 541 g/mol. The van der Waals surface area contributed by atoms with Gasteiger partial charge in [0.05, 0.1) is 13.2 Å². The van der Waals surface area contributed by atoms with Gasteiger partial charge in [0.25, 0.3) is 0 Å². The summed E-state index contributed by atoms with van der Waals surface area (Å²) in [6.07, 6.45) is 0. The first-order valence-electron chi connectivity index (χ1n) is 10.7. The fourth-order valence-electron chi connectivity index (χ4n) is 3.37. The average Bonchev–Trinajstić information content (AvgIpc) is 3.09. The highest BCUT2D eigenvalue weighted by molar-refractivity contribution is 14.0. The highest BCUT2D eigenvalue weighted by Crippen LogP contribution is 2.21. The minimum absolute atomic E-state index is 0. The molecule has 9 heteroatoms. The number of nitrogens with zero attached hydrogens (tertiary/aromatic N) is 5. The van der Waals surface area contributed by atoms with Crippen molar-refractivity contribution < 1.29 is 4.74 Å². The van der Waals surface area contributed by atoms with Crippen molar-refractivity contribution in [2.24, 2.45) is 12.0 Å². The molecule has 0 amide bonds. The molecule has 1 saturated heterocycles. The predicted molar refractivity (Wildman–Crippen MR) is 135 cm³/mol. The quantitative estimate of drug-likeness (QED) is 0.303. The lowest BCUT2D eigenvalue weighted by molar-refractivity contribution is 0.0389. The zero-order chi connectivity index (χ0) is 21.4. The van der Waals surface area contributed by atoms with Crippen molar-refractivity contribution >= 4 is 29.9 Å². The van der Waals surface area contributed by atoms with Gasteiger partial charge < -0.3 is 19.9 Å². The van der Waals surface area contributed by atoms with Crippen LogP contribution in [0.1, 0.15) is 31.1 Å². The van der Waals surface area contributed by atoms with Crippen LogP contribution in [0.15, 0.2) is 35.3 Å². The lowest BCUT2D eigenvalue weighted by Crippen LogP contribution is -2.47. The smallest absolute Gasteiger partial charge is 0.191 e. The molecule has 0 aliphatic carbocycles. The van der Waals surface area contributed by atoms with Gasteiger partial charge in [-0.25, -0.2) is 4.99 Å². The molecule has 3 rings (SSSR count). The molecule has 0 unspecified atom stereocenters. The Kier molecular flexibility index (Phi) is 10.2. The number of morpholine rings is 1. The molecular formula is C22H36IN7O. The summed E-state index contributed by atoms with van der Waals surface area (Å²) in [6.45, 7) is 13.1. The number of benzene rings is 1. The molecule has 2 N–H and O–H groups in total. The molecule has 1 aliphatic rings. The summed E-state index contributed by atoms with van der Waals surface area (Å²) in [5, 5.41) is 15.4. The fourth-order valence-corrected chi connectivity index (χ4v) is 3.37. The number of aryl methyl sites for hydroxylation is 1. The maximum Gasteiger partial charge on any atom is 0.191 e. The van der Waals surface area contributed by atoms with E-state index in [0.717, 1.165) is 63.5 Å². The van der Waals surface area contributed by atoms with Crippen LogP contribution in [0.3, 0.4) is 0 Å². The molecule has 2 aromatic rings. The second kappa shape index (κ2) is 12.4. The highest BCUT2D eigenvalue weighted by Gasteiger charge is 2.21. The molecule has 1 fully saturated rings. The van der Waals surface area contributed by atoms with E-state index in [-0.39, 0.29) is 29.4 Å². The Hall–Kier alpha value is -1.72. The van der Waals surface area contributed by atoms with Crippen LogP contribution in [-0.2, 0) is 23.7 Å². The lowest BCUT2D eigenvalue weighted by Gasteiger charge is -2.28. The Bertz CT molecular complexity index is 817. The van der Waals surface area contributed by atoms with Crippen molar-refractivity contribution in [2.75, 3.05) is 45.9 Å². The minimum atomic E-state index is -0.0186. The van der Waals surface area contributed by atoms with Crippen LogP contribution in [0.25, 0.3) is 0 Å². The minimum Gasteiger partial charge on any atom is -0.379 e. The summed E-state index contributed by atoms with van der Waals surface area (Å²) in [5.74, 6) is 2.54. The normalized spacial score (nSPS) is 15.4. The Balaban J connectivity index is 0.00000341. The number of hydrogen-bond acceptors (Lipinski definition) is 5. The summed E-state index contributed by atoms with van der Waals surface area (Å²) in [5.41, 5.74) is 1.28. The van der Waals surface area contributed by atoms with Crippen molar-refractivity contribution in [2.45, 2.75) is 32.7 Å². The molecule has 1 aromatic carbocycles. The van der Waals surface area contributed by atoms with Crippen LogP contribution in [0.2, 0.25) is 0 Å². The van der Waals surface area contributed by atoms with Crippen molar-refractivity contribution in [1.82, 2.24) is 30.3 Å². The molecule has 1 aliphatic heterocycles. The lowest BCUT2D eigenvalue weighted by atomic mass is 9.85. The summed E-state index contributed by atoms with van der Waals surface area (Å²) < 4.78 is 7.41. The third kappa shape index (κ3) is 7.73. The van der Waals surface area contributed by atoms with E-state index in [1.165, 1.54) is 5.56 Å². The van der Waals surface area contributed by atoms with Gasteiger partial charge in [-0.15, -0.1) is 34.2 Å². The van der Waals surface area contributed by atoms with Gasteiger partial charge in [-0.2, -0.15) is 0 Å². The van der Waals surface area contributed by atoms with Crippen LogP contribution >= 0.6 is 24.0 Å². The first-order chi connectivity index (χ1) is 14.5. The van der Waals surface area contributed by atoms with Crippen LogP contribution in [0.5, 0.6) is 0 Å². The van der Waals surface area contributed by atoms with E-state index in [0.29, 0.717) is 6.54 Å². The first-order valence-corrected chi connectivity index (χ1v) is 10.7. The Morgan fingerprint density at radius 1 is 1.13 bits per heavy atom. The molecule has 0 spiro atoms. The van der Waals surface area contributed by atoms with Gasteiger partial charge >= 0.3 is 0 Å². The molecule has 2 heterocycles. The molecule has 1 aromatic heterocycles. The number of ether oxygens (including phenoxy) is 1. The van der Waals surface area contributed by atoms with E-state index in [9.17, 15) is 0 Å². The predicted octanol–water partition coefficient (Wildman–Crippen LogP) is 2.09. The summed E-state index contributed by atoms with van der Waals surface area (Å²) >= 11 is 0. The Labute approximate surface area is 202 Å². The number of nitrogens with one attached hydrogen (secondary N) is 2. The molecule has 172 valence electrons. The van der Waals surface area contributed by atoms with E-state index >= 15 is 0 Å². The number of aromatic nitrogens is 3. The third-order valence-corrected chi connectivity index (χ3v) is 5.64. The number of aliphatic imine (C=N–C) groups is 1. The zero-order valence-corrected chi connectivity index (χ0v) is 21.4. The molecular weight excluding hydrogens is 505 g/mol. The van der Waals surface area contributed by atoms with Crippen molar-refractivity contribution in [3.63, 3.8) is 0 Å².